The topological polar surface area (TPSA) is 84.3 Å². The molecular weight excluding hydrogens is 368 g/mol. The van der Waals surface area contributed by atoms with Gasteiger partial charge >= 0.3 is 0 Å². The number of fused-ring (bicyclic) bond motifs is 1. The molecule has 154 valence electrons. The first-order chi connectivity index (χ1) is 14.3. The maximum atomic E-state index is 13.5. The molecule has 8 nitrogen and oxygen atoms in total. The molecule has 2 aliphatic heterocycles. The SMILES string of the molecule is O=C(c1c(C2CCC3NNCC3C2)nnn1Cc1ccccc1)N1CCOCC1. The number of benzene rings is 1. The molecule has 2 aromatic rings. The van der Waals surface area contributed by atoms with Gasteiger partial charge in [0, 0.05) is 31.6 Å². The molecule has 0 radical (unpaired) electrons. The summed E-state index contributed by atoms with van der Waals surface area (Å²) in [4.78, 5) is 15.4. The van der Waals surface area contributed by atoms with Gasteiger partial charge in [0.05, 0.1) is 25.5 Å². The number of nitrogens with one attached hydrogen (secondary N) is 2. The summed E-state index contributed by atoms with van der Waals surface area (Å²) < 4.78 is 7.25. The van der Waals surface area contributed by atoms with E-state index in [0.29, 0.717) is 50.5 Å². The fourth-order valence-electron chi connectivity index (χ4n) is 4.85. The zero-order valence-corrected chi connectivity index (χ0v) is 16.6. The lowest BCUT2D eigenvalue weighted by Crippen LogP contribution is -2.42. The normalized spacial score (nSPS) is 27.0. The van der Waals surface area contributed by atoms with Crippen molar-refractivity contribution in [3.8, 4) is 0 Å². The van der Waals surface area contributed by atoms with Crippen LogP contribution in [-0.2, 0) is 11.3 Å². The largest absolute Gasteiger partial charge is 0.378 e. The van der Waals surface area contributed by atoms with Crippen molar-refractivity contribution in [1.82, 2.24) is 30.7 Å². The fraction of sp³-hybridized carbons (Fsp3) is 0.571. The number of hydrazine groups is 1. The van der Waals surface area contributed by atoms with Crippen molar-refractivity contribution >= 4 is 5.91 Å². The summed E-state index contributed by atoms with van der Waals surface area (Å²) in [6.45, 7) is 3.96. The predicted octanol–water partition coefficient (Wildman–Crippen LogP) is 1.16. The Morgan fingerprint density at radius 1 is 1.17 bits per heavy atom. The molecule has 1 saturated carbocycles. The van der Waals surface area contributed by atoms with Gasteiger partial charge in [-0.05, 0) is 30.7 Å². The van der Waals surface area contributed by atoms with Crippen LogP contribution in [0, 0.1) is 5.92 Å². The molecule has 2 N–H and O–H groups in total. The molecule has 0 spiro atoms. The minimum Gasteiger partial charge on any atom is -0.378 e. The van der Waals surface area contributed by atoms with Crippen LogP contribution in [0.15, 0.2) is 30.3 Å². The number of hydrogen-bond donors (Lipinski definition) is 2. The Hall–Kier alpha value is -2.29. The van der Waals surface area contributed by atoms with Crippen LogP contribution in [-0.4, -0.2) is 64.7 Å². The van der Waals surface area contributed by atoms with E-state index in [1.165, 1.54) is 0 Å². The van der Waals surface area contributed by atoms with Gasteiger partial charge in [0.25, 0.3) is 5.91 Å². The molecule has 3 unspecified atom stereocenters. The van der Waals surface area contributed by atoms with Gasteiger partial charge in [-0.1, -0.05) is 35.5 Å². The van der Waals surface area contributed by atoms with Crippen LogP contribution in [0.25, 0.3) is 0 Å². The van der Waals surface area contributed by atoms with E-state index < -0.39 is 0 Å². The van der Waals surface area contributed by atoms with E-state index in [9.17, 15) is 4.79 Å². The second-order valence-electron chi connectivity index (χ2n) is 8.27. The minimum absolute atomic E-state index is 0.0361. The molecule has 3 heterocycles. The summed E-state index contributed by atoms with van der Waals surface area (Å²) in [6.07, 6.45) is 3.17. The molecule has 29 heavy (non-hydrogen) atoms. The van der Waals surface area contributed by atoms with E-state index in [0.717, 1.165) is 37.1 Å². The van der Waals surface area contributed by atoms with E-state index in [-0.39, 0.29) is 11.8 Å². The second-order valence-corrected chi connectivity index (χ2v) is 8.27. The number of nitrogens with zero attached hydrogens (tertiary/aromatic N) is 4. The van der Waals surface area contributed by atoms with Gasteiger partial charge in [0.2, 0.25) is 0 Å². The highest BCUT2D eigenvalue weighted by molar-refractivity contribution is 5.94. The van der Waals surface area contributed by atoms with Crippen LogP contribution in [0.4, 0.5) is 0 Å². The van der Waals surface area contributed by atoms with Crippen molar-refractivity contribution in [3.63, 3.8) is 0 Å². The van der Waals surface area contributed by atoms with Gasteiger partial charge < -0.3 is 9.64 Å². The van der Waals surface area contributed by atoms with Crippen LogP contribution >= 0.6 is 0 Å². The number of aromatic nitrogens is 3. The van der Waals surface area contributed by atoms with Gasteiger partial charge in [-0.15, -0.1) is 5.10 Å². The molecule has 3 aliphatic rings. The number of hydrogen-bond acceptors (Lipinski definition) is 6. The first-order valence-electron chi connectivity index (χ1n) is 10.6. The Morgan fingerprint density at radius 3 is 2.83 bits per heavy atom. The van der Waals surface area contributed by atoms with Gasteiger partial charge in [-0.25, -0.2) is 4.68 Å². The number of carbonyl (C=O) groups is 1. The van der Waals surface area contributed by atoms with Crippen molar-refractivity contribution < 1.29 is 9.53 Å². The highest BCUT2D eigenvalue weighted by Crippen LogP contribution is 2.38. The van der Waals surface area contributed by atoms with Gasteiger partial charge in [0.1, 0.15) is 0 Å². The van der Waals surface area contributed by atoms with Gasteiger partial charge in [-0.3, -0.25) is 15.6 Å². The van der Waals surface area contributed by atoms with Crippen LogP contribution in [0.5, 0.6) is 0 Å². The van der Waals surface area contributed by atoms with Crippen molar-refractivity contribution in [1.29, 1.82) is 0 Å². The van der Waals surface area contributed by atoms with Crippen LogP contribution < -0.4 is 10.9 Å². The van der Waals surface area contributed by atoms with Crippen molar-refractivity contribution in [2.45, 2.75) is 37.8 Å². The number of morpholine rings is 1. The molecule has 2 saturated heterocycles. The molecule has 5 rings (SSSR count). The number of rotatable bonds is 4. The summed E-state index contributed by atoms with van der Waals surface area (Å²) in [5.74, 6) is 0.899. The van der Waals surface area contributed by atoms with Gasteiger partial charge in [0.15, 0.2) is 5.69 Å². The minimum atomic E-state index is 0.0361. The smallest absolute Gasteiger partial charge is 0.274 e. The second kappa shape index (κ2) is 8.22. The molecule has 1 aromatic carbocycles. The summed E-state index contributed by atoms with van der Waals surface area (Å²) in [7, 11) is 0. The number of amides is 1. The molecule has 3 fully saturated rings. The van der Waals surface area contributed by atoms with Crippen molar-refractivity contribution in [3.05, 3.63) is 47.3 Å². The summed E-state index contributed by atoms with van der Waals surface area (Å²) in [6, 6.07) is 10.7. The molecule has 1 aliphatic carbocycles. The third-order valence-electron chi connectivity index (χ3n) is 6.46. The van der Waals surface area contributed by atoms with Crippen LogP contribution in [0.2, 0.25) is 0 Å². The molecule has 8 heteroatoms. The third-order valence-corrected chi connectivity index (χ3v) is 6.46. The highest BCUT2D eigenvalue weighted by Gasteiger charge is 2.38. The standard InChI is InChI=1S/C21H28N6O2/c28-21(26-8-10-29-11-9-26)20-19(16-6-7-18-17(12-16)13-22-23-18)24-25-27(20)14-15-4-2-1-3-5-15/h1-5,16-18,22-23H,6-14H2. The lowest BCUT2D eigenvalue weighted by atomic mass is 9.77. The maximum absolute atomic E-state index is 13.5. The highest BCUT2D eigenvalue weighted by atomic mass is 16.5. The number of ether oxygens (including phenoxy) is 1. The Labute approximate surface area is 170 Å². The average molecular weight is 396 g/mol. The third kappa shape index (κ3) is 3.80. The lowest BCUT2D eigenvalue weighted by molar-refractivity contribution is 0.0293. The predicted molar refractivity (Wildman–Crippen MR) is 107 cm³/mol. The van der Waals surface area contributed by atoms with Crippen molar-refractivity contribution in [2.75, 3.05) is 32.8 Å². The lowest BCUT2D eigenvalue weighted by Gasteiger charge is -2.31. The Morgan fingerprint density at radius 2 is 2.00 bits per heavy atom. The summed E-state index contributed by atoms with van der Waals surface area (Å²) in [5, 5.41) is 9.00. The average Bonchev–Trinajstić information content (AvgIpc) is 3.41. The zero-order chi connectivity index (χ0) is 19.6. The monoisotopic (exact) mass is 396 g/mol. The van der Waals surface area contributed by atoms with E-state index in [1.807, 2.05) is 23.1 Å². The summed E-state index contributed by atoms with van der Waals surface area (Å²) >= 11 is 0. The molecule has 1 amide bonds. The quantitative estimate of drug-likeness (QED) is 0.807. The van der Waals surface area contributed by atoms with E-state index in [1.54, 1.807) is 4.68 Å². The van der Waals surface area contributed by atoms with E-state index in [2.05, 4.69) is 33.3 Å². The maximum Gasteiger partial charge on any atom is 0.274 e. The van der Waals surface area contributed by atoms with Gasteiger partial charge in [-0.2, -0.15) is 0 Å². The summed E-state index contributed by atoms with van der Waals surface area (Å²) in [5.41, 5.74) is 9.32. The number of carbonyl (C=O) groups excluding carboxylic acids is 1. The zero-order valence-electron chi connectivity index (χ0n) is 16.6. The molecule has 1 aromatic heterocycles. The molecular formula is C21H28N6O2. The van der Waals surface area contributed by atoms with Crippen LogP contribution in [0.1, 0.15) is 46.9 Å². The van der Waals surface area contributed by atoms with E-state index >= 15 is 0 Å². The van der Waals surface area contributed by atoms with Crippen molar-refractivity contribution in [2.24, 2.45) is 5.92 Å². The Balaban J connectivity index is 1.46. The van der Waals surface area contributed by atoms with Crippen LogP contribution in [0.3, 0.4) is 0 Å². The van der Waals surface area contributed by atoms with E-state index in [4.69, 9.17) is 4.74 Å². The first-order valence-corrected chi connectivity index (χ1v) is 10.6. The fourth-order valence-corrected chi connectivity index (χ4v) is 4.85. The Kier molecular flexibility index (Phi) is 5.30. The first kappa shape index (κ1) is 18.7. The molecule has 0 bridgehead atoms. The Bertz CT molecular complexity index is 848. The molecule has 3 atom stereocenters.